The van der Waals surface area contributed by atoms with Gasteiger partial charge in [0.1, 0.15) is 6.54 Å². The van der Waals surface area contributed by atoms with Gasteiger partial charge in [-0.15, -0.1) is 11.3 Å². The van der Waals surface area contributed by atoms with Crippen molar-refractivity contribution in [3.8, 4) is 0 Å². The Balaban J connectivity index is 2.72. The van der Waals surface area contributed by atoms with Crippen molar-refractivity contribution in [2.75, 3.05) is 20.1 Å². The van der Waals surface area contributed by atoms with Crippen LogP contribution in [-0.4, -0.2) is 47.0 Å². The molecule has 0 radical (unpaired) electrons. The van der Waals surface area contributed by atoms with E-state index in [0.717, 1.165) is 4.88 Å². The molecule has 0 spiro atoms. The first kappa shape index (κ1) is 14.5. The highest BCUT2D eigenvalue weighted by Gasteiger charge is 2.23. The maximum atomic E-state index is 12.1. The van der Waals surface area contributed by atoms with E-state index in [-0.39, 0.29) is 18.6 Å². The number of hydrogen-bond acceptors (Lipinski definition) is 3. The molecule has 0 aliphatic heterocycles. The van der Waals surface area contributed by atoms with E-state index in [1.54, 1.807) is 30.2 Å². The van der Waals surface area contributed by atoms with Gasteiger partial charge in [-0.25, -0.2) is 4.79 Å². The lowest BCUT2D eigenvalue weighted by Crippen LogP contribution is -2.44. The summed E-state index contributed by atoms with van der Waals surface area (Å²) in [5.74, 6) is -0.998. The number of carboxylic acid groups (broad SMARTS) is 1. The highest BCUT2D eigenvalue weighted by molar-refractivity contribution is 7.10. The molecule has 0 fully saturated rings. The number of likely N-dealkylation sites (N-methyl/N-ethyl adjacent to an activating group) is 1. The third-order valence-electron chi connectivity index (χ3n) is 2.82. The Labute approximate surface area is 111 Å². The Morgan fingerprint density at radius 3 is 2.61 bits per heavy atom. The van der Waals surface area contributed by atoms with Crippen LogP contribution in [0.2, 0.25) is 0 Å². The smallest absolute Gasteiger partial charge is 0.323 e. The van der Waals surface area contributed by atoms with Gasteiger partial charge in [-0.3, -0.25) is 4.79 Å². The molecule has 1 rings (SSSR count). The highest BCUT2D eigenvalue weighted by Crippen LogP contribution is 2.24. The molecule has 0 aliphatic rings. The molecule has 0 aromatic carbocycles. The fourth-order valence-corrected chi connectivity index (χ4v) is 2.41. The van der Waals surface area contributed by atoms with Gasteiger partial charge in [0.2, 0.25) is 0 Å². The number of carbonyl (C=O) groups is 2. The molecular weight excluding hydrogens is 252 g/mol. The molecule has 6 heteroatoms. The predicted molar refractivity (Wildman–Crippen MR) is 70.8 cm³/mol. The zero-order valence-corrected chi connectivity index (χ0v) is 11.6. The fourth-order valence-electron chi connectivity index (χ4n) is 1.59. The predicted octanol–water partition coefficient (Wildman–Crippen LogP) is 2.27. The second kappa shape index (κ2) is 6.39. The lowest BCUT2D eigenvalue weighted by molar-refractivity contribution is -0.137. The van der Waals surface area contributed by atoms with Crippen molar-refractivity contribution in [1.29, 1.82) is 0 Å². The number of carboxylic acids is 1. The minimum absolute atomic E-state index is 0.0552. The summed E-state index contributed by atoms with van der Waals surface area (Å²) < 4.78 is 0. The zero-order chi connectivity index (χ0) is 13.7. The van der Waals surface area contributed by atoms with Gasteiger partial charge in [0, 0.05) is 18.5 Å². The average molecular weight is 270 g/mol. The third-order valence-corrected chi connectivity index (χ3v) is 3.86. The highest BCUT2D eigenvalue weighted by atomic mass is 32.1. The lowest BCUT2D eigenvalue weighted by atomic mass is 10.2. The molecule has 0 bridgehead atoms. The molecule has 100 valence electrons. The van der Waals surface area contributed by atoms with Crippen molar-refractivity contribution in [2.24, 2.45) is 0 Å². The minimum Gasteiger partial charge on any atom is -0.480 e. The Morgan fingerprint density at radius 1 is 1.50 bits per heavy atom. The van der Waals surface area contributed by atoms with Crippen LogP contribution in [0, 0.1) is 0 Å². The van der Waals surface area contributed by atoms with Gasteiger partial charge in [-0.05, 0) is 25.3 Å². The van der Waals surface area contributed by atoms with Gasteiger partial charge in [-0.2, -0.15) is 0 Å². The van der Waals surface area contributed by atoms with Crippen LogP contribution in [0.3, 0.4) is 0 Å². The number of rotatable bonds is 5. The number of amides is 2. The molecule has 1 aromatic heterocycles. The summed E-state index contributed by atoms with van der Waals surface area (Å²) in [5, 5.41) is 10.7. The third kappa shape index (κ3) is 3.46. The lowest BCUT2D eigenvalue weighted by Gasteiger charge is -2.30. The molecule has 18 heavy (non-hydrogen) atoms. The van der Waals surface area contributed by atoms with Gasteiger partial charge in [0.05, 0.1) is 6.04 Å². The first-order valence-corrected chi connectivity index (χ1v) is 6.62. The first-order valence-electron chi connectivity index (χ1n) is 5.74. The second-order valence-electron chi connectivity index (χ2n) is 3.99. The van der Waals surface area contributed by atoms with E-state index < -0.39 is 5.97 Å². The van der Waals surface area contributed by atoms with E-state index in [9.17, 15) is 9.59 Å². The molecule has 5 nitrogen and oxygen atoms in total. The summed E-state index contributed by atoms with van der Waals surface area (Å²) in [7, 11) is 1.69. The van der Waals surface area contributed by atoms with Crippen LogP contribution in [0.4, 0.5) is 4.79 Å². The van der Waals surface area contributed by atoms with Gasteiger partial charge < -0.3 is 14.9 Å². The SMILES string of the molecule is CCN(CC(=O)O)C(=O)N(C)C(C)c1cccs1. The van der Waals surface area contributed by atoms with Gasteiger partial charge >= 0.3 is 12.0 Å². The monoisotopic (exact) mass is 270 g/mol. The van der Waals surface area contributed by atoms with Crippen LogP contribution in [0.1, 0.15) is 24.8 Å². The average Bonchev–Trinajstić information content (AvgIpc) is 2.86. The number of carbonyl (C=O) groups excluding carboxylic acids is 1. The summed E-state index contributed by atoms with van der Waals surface area (Å²) in [6, 6.07) is 3.58. The van der Waals surface area contributed by atoms with E-state index >= 15 is 0 Å². The van der Waals surface area contributed by atoms with E-state index in [1.807, 2.05) is 24.4 Å². The van der Waals surface area contributed by atoms with Gasteiger partial charge in [0.25, 0.3) is 0 Å². The summed E-state index contributed by atoms with van der Waals surface area (Å²) in [5.41, 5.74) is 0. The van der Waals surface area contributed by atoms with Crippen LogP contribution in [-0.2, 0) is 4.79 Å². The molecule has 2 amide bonds. The van der Waals surface area contributed by atoms with E-state index in [2.05, 4.69) is 0 Å². The van der Waals surface area contributed by atoms with Crippen LogP contribution in [0.25, 0.3) is 0 Å². The topological polar surface area (TPSA) is 60.9 Å². The normalized spacial score (nSPS) is 11.9. The van der Waals surface area contributed by atoms with Gasteiger partial charge in [-0.1, -0.05) is 6.07 Å². The molecule has 1 heterocycles. The number of hydrogen-bond donors (Lipinski definition) is 1. The van der Waals surface area contributed by atoms with Crippen LogP contribution in [0.5, 0.6) is 0 Å². The van der Waals surface area contributed by atoms with Crippen molar-refractivity contribution < 1.29 is 14.7 Å². The standard InChI is InChI=1S/C12H18N2O3S/c1-4-14(8-11(15)16)12(17)13(3)9(2)10-6-5-7-18-10/h5-7,9H,4,8H2,1-3H3,(H,15,16). The van der Waals surface area contributed by atoms with Crippen LogP contribution >= 0.6 is 11.3 Å². The maximum absolute atomic E-state index is 12.1. The van der Waals surface area contributed by atoms with Crippen molar-refractivity contribution in [2.45, 2.75) is 19.9 Å². The van der Waals surface area contributed by atoms with Crippen LogP contribution < -0.4 is 0 Å². The van der Waals surface area contributed by atoms with Gasteiger partial charge in [0.15, 0.2) is 0 Å². The maximum Gasteiger partial charge on any atom is 0.323 e. The number of thiophene rings is 1. The molecule has 0 saturated heterocycles. The second-order valence-corrected chi connectivity index (χ2v) is 4.97. The Kier molecular flexibility index (Phi) is 5.15. The quantitative estimate of drug-likeness (QED) is 0.892. The van der Waals surface area contributed by atoms with Crippen molar-refractivity contribution >= 4 is 23.3 Å². The first-order chi connectivity index (χ1) is 8.47. The van der Waals surface area contributed by atoms with Crippen molar-refractivity contribution in [3.05, 3.63) is 22.4 Å². The van der Waals surface area contributed by atoms with E-state index in [0.29, 0.717) is 6.54 Å². The molecule has 1 N–H and O–H groups in total. The summed E-state index contributed by atoms with van der Waals surface area (Å²) in [4.78, 5) is 26.8. The summed E-state index contributed by atoms with van der Waals surface area (Å²) >= 11 is 1.58. The van der Waals surface area contributed by atoms with E-state index in [4.69, 9.17) is 5.11 Å². The fraction of sp³-hybridized carbons (Fsp3) is 0.500. The van der Waals surface area contributed by atoms with Crippen molar-refractivity contribution in [3.63, 3.8) is 0 Å². The molecule has 1 aromatic rings. The minimum atomic E-state index is -0.998. The number of urea groups is 1. The molecule has 0 aliphatic carbocycles. The van der Waals surface area contributed by atoms with E-state index in [1.165, 1.54) is 4.90 Å². The molecule has 1 unspecified atom stereocenters. The summed E-state index contributed by atoms with van der Waals surface area (Å²) in [6.45, 7) is 3.81. The largest absolute Gasteiger partial charge is 0.480 e. The molecular formula is C12H18N2O3S. The Morgan fingerprint density at radius 2 is 2.17 bits per heavy atom. The number of aliphatic carboxylic acids is 1. The molecule has 1 atom stereocenters. The zero-order valence-electron chi connectivity index (χ0n) is 10.8. The summed E-state index contributed by atoms with van der Waals surface area (Å²) in [6.07, 6.45) is 0. The Hall–Kier alpha value is -1.56. The van der Waals surface area contributed by atoms with Crippen LogP contribution in [0.15, 0.2) is 17.5 Å². The van der Waals surface area contributed by atoms with Crippen molar-refractivity contribution in [1.82, 2.24) is 9.80 Å². The molecule has 0 saturated carbocycles. The number of nitrogens with zero attached hydrogens (tertiary/aromatic N) is 2. The Bertz CT molecular complexity index is 405.